The van der Waals surface area contributed by atoms with Crippen molar-refractivity contribution in [3.05, 3.63) is 30.1 Å². The summed E-state index contributed by atoms with van der Waals surface area (Å²) in [5.41, 5.74) is 5.47. The number of aromatic nitrogens is 1. The van der Waals surface area contributed by atoms with Gasteiger partial charge in [-0.3, -0.25) is 14.6 Å². The second kappa shape index (κ2) is 7.07. The van der Waals surface area contributed by atoms with Gasteiger partial charge in [0.25, 0.3) is 5.91 Å². The van der Waals surface area contributed by atoms with Crippen molar-refractivity contribution >= 4 is 11.8 Å². The summed E-state index contributed by atoms with van der Waals surface area (Å²) >= 11 is 0. The quantitative estimate of drug-likeness (QED) is 0.564. The van der Waals surface area contributed by atoms with Gasteiger partial charge in [0, 0.05) is 12.6 Å². The minimum atomic E-state index is -0.715. The number of hydrogen-bond acceptors (Lipinski definition) is 3. The smallest absolute Gasteiger partial charge is 0.270 e. The summed E-state index contributed by atoms with van der Waals surface area (Å²) in [6.45, 7) is 0. The van der Waals surface area contributed by atoms with Gasteiger partial charge in [-0.25, -0.2) is 0 Å². The monoisotopic (exact) mass is 245 g/mol. The Kier molecular flexibility index (Phi) is 5.39. The van der Waals surface area contributed by atoms with E-state index in [0.717, 1.165) is 0 Å². The SMILES string of the molecule is C#CCCC[C@H](NC(=O)c1ccccn1)C(N)=O. The molecule has 0 aliphatic heterocycles. The highest BCUT2D eigenvalue weighted by Gasteiger charge is 2.18. The van der Waals surface area contributed by atoms with Gasteiger partial charge >= 0.3 is 0 Å². The number of rotatable bonds is 6. The second-order valence-corrected chi connectivity index (χ2v) is 3.74. The van der Waals surface area contributed by atoms with Crippen LogP contribution in [0.15, 0.2) is 24.4 Å². The van der Waals surface area contributed by atoms with Crippen molar-refractivity contribution in [1.29, 1.82) is 0 Å². The van der Waals surface area contributed by atoms with Crippen molar-refractivity contribution in [2.24, 2.45) is 5.73 Å². The van der Waals surface area contributed by atoms with E-state index >= 15 is 0 Å². The molecule has 0 fully saturated rings. The maximum Gasteiger partial charge on any atom is 0.270 e. The average molecular weight is 245 g/mol. The Morgan fingerprint density at radius 1 is 1.50 bits per heavy atom. The molecule has 5 heteroatoms. The first kappa shape index (κ1) is 13.7. The van der Waals surface area contributed by atoms with E-state index in [-0.39, 0.29) is 5.69 Å². The molecular formula is C13H15N3O2. The highest BCUT2D eigenvalue weighted by molar-refractivity contribution is 5.95. The fourth-order valence-electron chi connectivity index (χ4n) is 1.42. The first-order valence-corrected chi connectivity index (χ1v) is 5.60. The van der Waals surface area contributed by atoms with E-state index in [1.807, 2.05) is 0 Å². The van der Waals surface area contributed by atoms with Crippen LogP contribution >= 0.6 is 0 Å². The lowest BCUT2D eigenvalue weighted by molar-refractivity contribution is -0.120. The Bertz CT molecular complexity index is 451. The number of terminal acetylenes is 1. The summed E-state index contributed by atoms with van der Waals surface area (Å²) in [6, 6.07) is 4.25. The lowest BCUT2D eigenvalue weighted by Crippen LogP contribution is -2.44. The summed E-state index contributed by atoms with van der Waals surface area (Å²) in [5.74, 6) is 1.48. The molecule has 0 saturated heterocycles. The van der Waals surface area contributed by atoms with Gasteiger partial charge in [0.15, 0.2) is 0 Å². The molecule has 18 heavy (non-hydrogen) atoms. The highest BCUT2D eigenvalue weighted by Crippen LogP contribution is 2.02. The number of pyridine rings is 1. The zero-order valence-electron chi connectivity index (χ0n) is 9.93. The van der Waals surface area contributed by atoms with Crippen LogP contribution in [-0.2, 0) is 4.79 Å². The third kappa shape index (κ3) is 4.26. The number of carbonyl (C=O) groups is 2. The molecule has 0 spiro atoms. The number of primary amides is 1. The zero-order chi connectivity index (χ0) is 13.4. The topological polar surface area (TPSA) is 85.1 Å². The maximum absolute atomic E-state index is 11.8. The summed E-state index contributed by atoms with van der Waals surface area (Å²) < 4.78 is 0. The molecule has 1 rings (SSSR count). The van der Waals surface area contributed by atoms with Gasteiger partial charge in [-0.1, -0.05) is 6.07 Å². The van der Waals surface area contributed by atoms with Crippen LogP contribution in [0.3, 0.4) is 0 Å². The van der Waals surface area contributed by atoms with Crippen LogP contribution < -0.4 is 11.1 Å². The van der Waals surface area contributed by atoms with Crippen LogP contribution in [0, 0.1) is 12.3 Å². The average Bonchev–Trinajstić information content (AvgIpc) is 2.38. The Morgan fingerprint density at radius 3 is 2.83 bits per heavy atom. The van der Waals surface area contributed by atoms with Gasteiger partial charge < -0.3 is 11.1 Å². The van der Waals surface area contributed by atoms with Crippen molar-refractivity contribution < 1.29 is 9.59 Å². The van der Waals surface area contributed by atoms with E-state index in [9.17, 15) is 9.59 Å². The first-order valence-electron chi connectivity index (χ1n) is 5.60. The van der Waals surface area contributed by atoms with Gasteiger partial charge in [-0.2, -0.15) is 0 Å². The maximum atomic E-state index is 11.8. The lowest BCUT2D eigenvalue weighted by Gasteiger charge is -2.14. The van der Waals surface area contributed by atoms with Gasteiger partial charge in [-0.05, 0) is 25.0 Å². The largest absolute Gasteiger partial charge is 0.368 e. The van der Waals surface area contributed by atoms with Gasteiger partial charge in [-0.15, -0.1) is 12.3 Å². The van der Waals surface area contributed by atoms with E-state index in [2.05, 4.69) is 16.2 Å². The van der Waals surface area contributed by atoms with Crippen molar-refractivity contribution in [2.45, 2.75) is 25.3 Å². The second-order valence-electron chi connectivity index (χ2n) is 3.74. The van der Waals surface area contributed by atoms with Gasteiger partial charge in [0.2, 0.25) is 5.91 Å². The van der Waals surface area contributed by atoms with E-state index in [0.29, 0.717) is 19.3 Å². The third-order valence-electron chi connectivity index (χ3n) is 2.36. The normalized spacial score (nSPS) is 11.3. The minimum Gasteiger partial charge on any atom is -0.368 e. The molecule has 1 heterocycles. The molecule has 3 N–H and O–H groups in total. The number of nitrogens with zero attached hydrogens (tertiary/aromatic N) is 1. The fourth-order valence-corrected chi connectivity index (χ4v) is 1.42. The molecule has 2 amide bonds. The standard InChI is InChI=1S/C13H15N3O2/c1-2-3-4-7-10(12(14)17)16-13(18)11-8-5-6-9-15-11/h1,5-6,8-10H,3-4,7H2,(H2,14,17)(H,16,18)/t10-/m0/s1. The summed E-state index contributed by atoms with van der Waals surface area (Å²) in [6.07, 6.45) is 8.23. The van der Waals surface area contributed by atoms with Crippen LogP contribution in [0.2, 0.25) is 0 Å². The Balaban J connectivity index is 2.59. The molecule has 0 radical (unpaired) electrons. The van der Waals surface area contributed by atoms with E-state index < -0.39 is 17.9 Å². The summed E-state index contributed by atoms with van der Waals surface area (Å²) in [7, 11) is 0. The predicted molar refractivity (Wildman–Crippen MR) is 67.4 cm³/mol. The molecule has 0 aromatic carbocycles. The number of amides is 2. The van der Waals surface area contributed by atoms with Crippen LogP contribution in [-0.4, -0.2) is 22.8 Å². The Labute approximate surface area is 106 Å². The van der Waals surface area contributed by atoms with Gasteiger partial charge in [0.1, 0.15) is 11.7 Å². The molecule has 5 nitrogen and oxygen atoms in total. The minimum absolute atomic E-state index is 0.251. The van der Waals surface area contributed by atoms with E-state index in [1.54, 1.807) is 18.2 Å². The van der Waals surface area contributed by atoms with Crippen molar-refractivity contribution in [1.82, 2.24) is 10.3 Å². The number of hydrogen-bond donors (Lipinski definition) is 2. The molecular weight excluding hydrogens is 230 g/mol. The molecule has 0 unspecified atom stereocenters. The third-order valence-corrected chi connectivity index (χ3v) is 2.36. The van der Waals surface area contributed by atoms with Crippen LogP contribution in [0.5, 0.6) is 0 Å². The summed E-state index contributed by atoms with van der Waals surface area (Å²) in [4.78, 5) is 26.9. The lowest BCUT2D eigenvalue weighted by atomic mass is 10.1. The first-order chi connectivity index (χ1) is 8.65. The number of carbonyl (C=O) groups excluding carboxylic acids is 2. The predicted octanol–water partition coefficient (Wildman–Crippen LogP) is 0.469. The molecule has 1 aromatic heterocycles. The fraction of sp³-hybridized carbons (Fsp3) is 0.308. The van der Waals surface area contributed by atoms with Crippen LogP contribution in [0.25, 0.3) is 0 Å². The number of unbranched alkanes of at least 4 members (excludes halogenated alkanes) is 1. The van der Waals surface area contributed by atoms with Crippen molar-refractivity contribution in [3.63, 3.8) is 0 Å². The van der Waals surface area contributed by atoms with Crippen LogP contribution in [0.4, 0.5) is 0 Å². The molecule has 0 bridgehead atoms. The Hall–Kier alpha value is -2.35. The molecule has 0 saturated carbocycles. The van der Waals surface area contributed by atoms with E-state index in [1.165, 1.54) is 6.20 Å². The molecule has 1 aromatic rings. The van der Waals surface area contributed by atoms with Crippen molar-refractivity contribution in [3.8, 4) is 12.3 Å². The molecule has 94 valence electrons. The van der Waals surface area contributed by atoms with E-state index in [4.69, 9.17) is 12.2 Å². The Morgan fingerprint density at radius 2 is 2.28 bits per heavy atom. The summed E-state index contributed by atoms with van der Waals surface area (Å²) in [5, 5.41) is 2.55. The van der Waals surface area contributed by atoms with Crippen molar-refractivity contribution in [2.75, 3.05) is 0 Å². The molecule has 1 atom stereocenters. The van der Waals surface area contributed by atoms with Crippen LogP contribution in [0.1, 0.15) is 29.8 Å². The van der Waals surface area contributed by atoms with Gasteiger partial charge in [0.05, 0.1) is 0 Å². The zero-order valence-corrected chi connectivity index (χ0v) is 9.93. The number of nitrogens with two attached hydrogens (primary N) is 1. The number of nitrogens with one attached hydrogen (secondary N) is 1. The molecule has 0 aliphatic rings. The highest BCUT2D eigenvalue weighted by atomic mass is 16.2. The molecule has 0 aliphatic carbocycles.